The van der Waals surface area contributed by atoms with E-state index < -0.39 is 0 Å². The van der Waals surface area contributed by atoms with Gasteiger partial charge in [0.1, 0.15) is 0 Å². The summed E-state index contributed by atoms with van der Waals surface area (Å²) in [5.41, 5.74) is 1.27. The zero-order chi connectivity index (χ0) is 14.2. The van der Waals surface area contributed by atoms with Crippen LogP contribution in [0.15, 0.2) is 23.0 Å². The summed E-state index contributed by atoms with van der Waals surface area (Å²) < 4.78 is 1.48. The molecule has 3 nitrogen and oxygen atoms in total. The molecule has 0 spiro atoms. The average Bonchev–Trinajstić information content (AvgIpc) is 2.59. The Morgan fingerprint density at radius 2 is 1.95 bits per heavy atom. The minimum Gasteiger partial charge on any atom is -0.295 e. The Kier molecular flexibility index (Phi) is 4.13. The molecule has 1 heterocycles. The third-order valence-corrected chi connectivity index (χ3v) is 4.65. The van der Waals surface area contributed by atoms with Gasteiger partial charge < -0.3 is 0 Å². The Hall–Kier alpha value is -1.10. The van der Waals surface area contributed by atoms with Crippen molar-refractivity contribution in [2.75, 3.05) is 0 Å². The molecule has 0 saturated heterocycles. The van der Waals surface area contributed by atoms with Gasteiger partial charge in [-0.05, 0) is 32.0 Å². The highest BCUT2D eigenvalue weighted by atomic mass is 35.5. The number of aryl methyl sites for hydroxylation is 1. The van der Waals surface area contributed by atoms with Crippen molar-refractivity contribution in [3.63, 3.8) is 0 Å². The second-order valence-electron chi connectivity index (χ2n) is 4.15. The normalized spacial score (nSPS) is 10.7. The standard InChI is InChI=1S/C13H11Cl2NO2S/c1-7-8(2)19-13(18)16(7)6-12(17)9-3-4-10(14)11(15)5-9/h3-5H,6H2,1-2H3. The summed E-state index contributed by atoms with van der Waals surface area (Å²) >= 11 is 12.8. The van der Waals surface area contributed by atoms with E-state index >= 15 is 0 Å². The Bertz CT molecular complexity index is 703. The van der Waals surface area contributed by atoms with Crippen LogP contribution < -0.4 is 4.87 Å². The summed E-state index contributed by atoms with van der Waals surface area (Å²) in [6, 6.07) is 4.70. The molecule has 2 aromatic rings. The fourth-order valence-electron chi connectivity index (χ4n) is 1.67. The van der Waals surface area contributed by atoms with Crippen molar-refractivity contribution in [2.45, 2.75) is 20.4 Å². The Morgan fingerprint density at radius 3 is 2.47 bits per heavy atom. The van der Waals surface area contributed by atoms with Crippen LogP contribution in [0.4, 0.5) is 0 Å². The van der Waals surface area contributed by atoms with E-state index in [0.29, 0.717) is 15.6 Å². The minimum absolute atomic E-state index is 0.0208. The Labute approximate surface area is 124 Å². The lowest BCUT2D eigenvalue weighted by molar-refractivity contribution is 0.0970. The zero-order valence-electron chi connectivity index (χ0n) is 10.4. The van der Waals surface area contributed by atoms with E-state index in [0.717, 1.165) is 21.9 Å². The van der Waals surface area contributed by atoms with Crippen LogP contribution in [0.3, 0.4) is 0 Å². The van der Waals surface area contributed by atoms with Crippen molar-refractivity contribution in [2.24, 2.45) is 0 Å². The molecule has 2 rings (SSSR count). The fraction of sp³-hybridized carbons (Fsp3) is 0.231. The minimum atomic E-state index is -0.165. The van der Waals surface area contributed by atoms with Crippen LogP contribution in [-0.2, 0) is 6.54 Å². The molecule has 6 heteroatoms. The summed E-state index contributed by atoms with van der Waals surface area (Å²) in [6.45, 7) is 3.71. The van der Waals surface area contributed by atoms with E-state index in [2.05, 4.69) is 0 Å². The number of hydrogen-bond donors (Lipinski definition) is 0. The second kappa shape index (κ2) is 5.49. The van der Waals surface area contributed by atoms with Crippen LogP contribution in [0.25, 0.3) is 0 Å². The number of thiazole rings is 1. The summed E-state index contributed by atoms with van der Waals surface area (Å²) in [6.07, 6.45) is 0. The lowest BCUT2D eigenvalue weighted by Gasteiger charge is -2.05. The number of halogens is 2. The monoisotopic (exact) mass is 315 g/mol. The molecule has 0 aliphatic rings. The van der Waals surface area contributed by atoms with E-state index in [4.69, 9.17) is 23.2 Å². The number of Topliss-reactive ketones (excluding diaryl/α,β-unsaturated/α-hetero) is 1. The summed E-state index contributed by atoms with van der Waals surface area (Å²) in [5, 5.41) is 0.732. The topological polar surface area (TPSA) is 39.1 Å². The third kappa shape index (κ3) is 2.91. The predicted molar refractivity (Wildman–Crippen MR) is 78.8 cm³/mol. The van der Waals surface area contributed by atoms with Gasteiger partial charge in [0, 0.05) is 16.1 Å². The second-order valence-corrected chi connectivity index (χ2v) is 6.13. The lowest BCUT2D eigenvalue weighted by atomic mass is 10.1. The molecule has 0 atom stereocenters. The summed E-state index contributed by atoms with van der Waals surface area (Å²) in [4.78, 5) is 24.7. The number of nitrogens with zero attached hydrogens (tertiary/aromatic N) is 1. The van der Waals surface area contributed by atoms with Crippen molar-refractivity contribution in [1.82, 2.24) is 4.57 Å². The lowest BCUT2D eigenvalue weighted by Crippen LogP contribution is -2.20. The summed E-state index contributed by atoms with van der Waals surface area (Å²) in [5.74, 6) is -0.165. The third-order valence-electron chi connectivity index (χ3n) is 2.92. The maximum absolute atomic E-state index is 12.1. The fourth-order valence-corrected chi connectivity index (χ4v) is 2.80. The molecule has 100 valence electrons. The van der Waals surface area contributed by atoms with Gasteiger partial charge in [0.25, 0.3) is 0 Å². The zero-order valence-corrected chi connectivity index (χ0v) is 12.7. The SMILES string of the molecule is Cc1sc(=O)n(CC(=O)c2ccc(Cl)c(Cl)c2)c1C. The first-order chi connectivity index (χ1) is 8.90. The van der Waals surface area contributed by atoms with Crippen molar-refractivity contribution in [3.05, 3.63) is 54.0 Å². The first kappa shape index (κ1) is 14.3. The van der Waals surface area contributed by atoms with Gasteiger partial charge >= 0.3 is 4.87 Å². The van der Waals surface area contributed by atoms with Gasteiger partial charge in [-0.3, -0.25) is 14.2 Å². The maximum atomic E-state index is 12.1. The molecule has 0 N–H and O–H groups in total. The molecule has 0 unspecified atom stereocenters. The largest absolute Gasteiger partial charge is 0.307 e. The quantitative estimate of drug-likeness (QED) is 0.810. The highest BCUT2D eigenvalue weighted by Gasteiger charge is 2.13. The number of aromatic nitrogens is 1. The molecule has 0 bridgehead atoms. The molecule has 0 radical (unpaired) electrons. The number of carbonyl (C=O) groups excluding carboxylic acids is 1. The van der Waals surface area contributed by atoms with E-state index in [1.807, 2.05) is 13.8 Å². The Balaban J connectivity index is 2.30. The van der Waals surface area contributed by atoms with E-state index in [-0.39, 0.29) is 17.2 Å². The number of benzene rings is 1. The van der Waals surface area contributed by atoms with Gasteiger partial charge in [0.05, 0.1) is 16.6 Å². The molecular weight excluding hydrogens is 305 g/mol. The Morgan fingerprint density at radius 1 is 1.26 bits per heavy atom. The van der Waals surface area contributed by atoms with Crippen molar-refractivity contribution >= 4 is 40.3 Å². The molecule has 0 aliphatic heterocycles. The molecule has 0 fully saturated rings. The number of rotatable bonds is 3. The van der Waals surface area contributed by atoms with Crippen LogP contribution in [0.5, 0.6) is 0 Å². The van der Waals surface area contributed by atoms with Crippen LogP contribution in [0, 0.1) is 13.8 Å². The van der Waals surface area contributed by atoms with Gasteiger partial charge in [0.2, 0.25) is 0 Å². The molecule has 0 amide bonds. The first-order valence-electron chi connectivity index (χ1n) is 5.55. The molecule has 1 aromatic carbocycles. The predicted octanol–water partition coefficient (Wildman–Crippen LogP) is 3.72. The van der Waals surface area contributed by atoms with Gasteiger partial charge in [-0.1, -0.05) is 34.5 Å². The molecule has 1 aromatic heterocycles. The van der Waals surface area contributed by atoms with E-state index in [1.54, 1.807) is 12.1 Å². The average molecular weight is 316 g/mol. The number of hydrogen-bond acceptors (Lipinski definition) is 3. The molecule has 0 aliphatic carbocycles. The van der Waals surface area contributed by atoms with Gasteiger partial charge in [-0.25, -0.2) is 0 Å². The van der Waals surface area contributed by atoms with Crippen LogP contribution >= 0.6 is 34.5 Å². The summed E-state index contributed by atoms with van der Waals surface area (Å²) in [7, 11) is 0. The molecule has 0 saturated carbocycles. The van der Waals surface area contributed by atoms with Crippen LogP contribution in [0.1, 0.15) is 20.9 Å². The molecular formula is C13H11Cl2NO2S. The van der Waals surface area contributed by atoms with Crippen molar-refractivity contribution < 1.29 is 4.79 Å². The van der Waals surface area contributed by atoms with E-state index in [9.17, 15) is 9.59 Å². The van der Waals surface area contributed by atoms with E-state index in [1.165, 1.54) is 10.6 Å². The van der Waals surface area contributed by atoms with Crippen LogP contribution in [-0.4, -0.2) is 10.4 Å². The van der Waals surface area contributed by atoms with Crippen molar-refractivity contribution in [3.8, 4) is 0 Å². The number of ketones is 1. The number of carbonyl (C=O) groups is 1. The van der Waals surface area contributed by atoms with Crippen LogP contribution in [0.2, 0.25) is 10.0 Å². The van der Waals surface area contributed by atoms with Crippen molar-refractivity contribution in [1.29, 1.82) is 0 Å². The maximum Gasteiger partial charge on any atom is 0.307 e. The van der Waals surface area contributed by atoms with Gasteiger partial charge in [0.15, 0.2) is 5.78 Å². The first-order valence-corrected chi connectivity index (χ1v) is 7.12. The highest BCUT2D eigenvalue weighted by Crippen LogP contribution is 2.23. The molecule has 19 heavy (non-hydrogen) atoms. The van der Waals surface area contributed by atoms with Gasteiger partial charge in [-0.2, -0.15) is 0 Å². The highest BCUT2D eigenvalue weighted by molar-refractivity contribution is 7.09. The smallest absolute Gasteiger partial charge is 0.295 e. The van der Waals surface area contributed by atoms with Gasteiger partial charge in [-0.15, -0.1) is 0 Å².